The highest BCUT2D eigenvalue weighted by atomic mass is 16.5. The fourth-order valence-electron chi connectivity index (χ4n) is 7.18. The van der Waals surface area contributed by atoms with E-state index in [0.717, 1.165) is 11.5 Å². The van der Waals surface area contributed by atoms with E-state index in [1.54, 1.807) is 0 Å². The van der Waals surface area contributed by atoms with Gasteiger partial charge in [0.15, 0.2) is 6.20 Å². The smallest absolute Gasteiger partial charge is 0.228 e. The Labute approximate surface area is 219 Å². The van der Waals surface area contributed by atoms with E-state index in [-0.39, 0.29) is 5.41 Å². The first-order chi connectivity index (χ1) is 17.8. The highest BCUT2D eigenvalue weighted by Gasteiger charge is 2.36. The zero-order valence-corrected chi connectivity index (χ0v) is 22.7. The molecular formula is C35H36NO+. The molecule has 186 valence electrons. The van der Waals surface area contributed by atoms with Gasteiger partial charge in [-0.2, -0.15) is 0 Å². The molecule has 1 aliphatic carbocycles. The molecule has 1 aromatic heterocycles. The van der Waals surface area contributed by atoms with Gasteiger partial charge in [-0.05, 0) is 69.8 Å². The van der Waals surface area contributed by atoms with Crippen molar-refractivity contribution in [1.29, 1.82) is 0 Å². The molecule has 1 saturated carbocycles. The number of aryl methyl sites for hydroxylation is 2. The van der Waals surface area contributed by atoms with Gasteiger partial charge in [-0.25, -0.2) is 4.57 Å². The Morgan fingerprint density at radius 3 is 2.35 bits per heavy atom. The second kappa shape index (κ2) is 8.05. The Bertz CT molecular complexity index is 1730. The van der Waals surface area contributed by atoms with E-state index < -0.39 is 0 Å². The first kappa shape index (κ1) is 22.8. The molecule has 2 aliphatic rings. The van der Waals surface area contributed by atoms with Crippen LogP contribution in [0.3, 0.4) is 0 Å². The third kappa shape index (κ3) is 3.34. The molecular weight excluding hydrogens is 450 g/mol. The molecule has 4 aromatic carbocycles. The lowest BCUT2D eigenvalue weighted by Crippen LogP contribution is -2.32. The van der Waals surface area contributed by atoms with Gasteiger partial charge in [-0.15, -0.1) is 0 Å². The van der Waals surface area contributed by atoms with Crippen molar-refractivity contribution in [2.24, 2.45) is 7.05 Å². The maximum absolute atomic E-state index is 7.03. The summed E-state index contributed by atoms with van der Waals surface area (Å²) < 4.78 is 9.33. The summed E-state index contributed by atoms with van der Waals surface area (Å²) in [5.41, 5.74) is 6.52. The summed E-state index contributed by atoms with van der Waals surface area (Å²) in [4.78, 5) is 0. The van der Waals surface area contributed by atoms with Crippen molar-refractivity contribution < 1.29 is 9.30 Å². The van der Waals surface area contributed by atoms with Crippen LogP contribution < -0.4 is 9.30 Å². The molecule has 0 N–H and O–H groups in total. The molecule has 2 heteroatoms. The maximum Gasteiger partial charge on any atom is 0.228 e. The number of nitrogens with zero attached hydrogens (tertiary/aromatic N) is 1. The number of pyridine rings is 1. The van der Waals surface area contributed by atoms with Crippen molar-refractivity contribution in [3.8, 4) is 22.8 Å². The van der Waals surface area contributed by atoms with Crippen LogP contribution in [0, 0.1) is 6.92 Å². The summed E-state index contributed by atoms with van der Waals surface area (Å²) in [5.74, 6) is 2.71. The Hall–Kier alpha value is -3.39. The van der Waals surface area contributed by atoms with Gasteiger partial charge in [-0.3, -0.25) is 0 Å². The number of hydrogen-bond acceptors (Lipinski definition) is 1. The Balaban J connectivity index is 1.57. The summed E-state index contributed by atoms with van der Waals surface area (Å²) in [6, 6.07) is 20.6. The summed E-state index contributed by atoms with van der Waals surface area (Å²) in [6.45, 7) is 9.18. The van der Waals surface area contributed by atoms with Gasteiger partial charge >= 0.3 is 0 Å². The second-order valence-electron chi connectivity index (χ2n) is 12.4. The number of fused-ring (bicyclic) bond motifs is 5. The van der Waals surface area contributed by atoms with E-state index >= 15 is 0 Å². The Kier molecular flexibility index (Phi) is 4.96. The van der Waals surface area contributed by atoms with Gasteiger partial charge < -0.3 is 4.74 Å². The molecule has 0 saturated heterocycles. The fourth-order valence-corrected chi connectivity index (χ4v) is 7.18. The molecule has 0 radical (unpaired) electrons. The van der Waals surface area contributed by atoms with Crippen molar-refractivity contribution in [1.82, 2.24) is 0 Å². The normalized spacial score (nSPS) is 15.8. The number of ether oxygens (including phenoxy) is 1. The quantitative estimate of drug-likeness (QED) is 0.167. The predicted octanol–water partition coefficient (Wildman–Crippen LogP) is 9.40. The minimum absolute atomic E-state index is 0.0631. The first-order valence-electron chi connectivity index (χ1n) is 14.0. The van der Waals surface area contributed by atoms with Crippen LogP contribution in [-0.4, -0.2) is 0 Å². The third-order valence-corrected chi connectivity index (χ3v) is 8.93. The maximum atomic E-state index is 7.03. The van der Waals surface area contributed by atoms with Crippen LogP contribution in [0.5, 0.6) is 11.5 Å². The third-order valence-electron chi connectivity index (χ3n) is 8.93. The lowest BCUT2D eigenvalue weighted by Gasteiger charge is -2.30. The predicted molar refractivity (Wildman–Crippen MR) is 155 cm³/mol. The van der Waals surface area contributed by atoms with Crippen LogP contribution >= 0.6 is 0 Å². The van der Waals surface area contributed by atoms with Gasteiger partial charge in [0.05, 0.1) is 10.9 Å². The van der Waals surface area contributed by atoms with Crippen LogP contribution in [0.25, 0.3) is 43.6 Å². The topological polar surface area (TPSA) is 13.1 Å². The van der Waals surface area contributed by atoms with Crippen molar-refractivity contribution >= 4 is 32.3 Å². The zero-order valence-electron chi connectivity index (χ0n) is 22.7. The first-order valence-corrected chi connectivity index (χ1v) is 14.0. The second-order valence-corrected chi connectivity index (χ2v) is 12.4. The Morgan fingerprint density at radius 1 is 0.838 bits per heavy atom. The summed E-state index contributed by atoms with van der Waals surface area (Å²) in [6.07, 6.45) is 8.96. The zero-order chi connectivity index (χ0) is 25.5. The Morgan fingerprint density at radius 2 is 1.59 bits per heavy atom. The van der Waals surface area contributed by atoms with E-state index in [1.165, 1.54) is 92.4 Å². The molecule has 2 heterocycles. The van der Waals surface area contributed by atoms with Crippen molar-refractivity contribution in [3.63, 3.8) is 0 Å². The van der Waals surface area contributed by atoms with Crippen LogP contribution in [0.2, 0.25) is 0 Å². The average molecular weight is 487 g/mol. The average Bonchev–Trinajstić information content (AvgIpc) is 2.89. The monoisotopic (exact) mass is 486 g/mol. The summed E-state index contributed by atoms with van der Waals surface area (Å²) >= 11 is 0. The minimum Gasteiger partial charge on any atom is -0.455 e. The standard InChI is InChI=1S/C35H36NO/c1-21-25-13-9-10-14-28(25)32(35(2,3)4)34-30(21)33-31-27(17-18-36(33)5)26-16-15-23(22-11-7-6-8-12-22)19-24(26)20-29(31)37-34/h9-10,13-20,22H,6-8,11-12H2,1-5H3/q+1. The SMILES string of the molecule is Cc1c2c(c(C(C)(C)C)c3ccccc13)Oc1cc3cc(C4CCCCC4)ccc3c3cc[n+](C)c-2c13. The lowest BCUT2D eigenvalue weighted by molar-refractivity contribution is -0.659. The molecule has 0 atom stereocenters. The molecule has 37 heavy (non-hydrogen) atoms. The van der Waals surface area contributed by atoms with Gasteiger partial charge in [0.1, 0.15) is 18.5 Å². The minimum atomic E-state index is -0.0631. The van der Waals surface area contributed by atoms with Crippen molar-refractivity contribution in [3.05, 3.63) is 77.5 Å². The number of benzene rings is 4. The molecule has 0 unspecified atom stereocenters. The molecule has 0 bridgehead atoms. The molecule has 1 aliphatic heterocycles. The molecule has 7 rings (SSSR count). The number of rotatable bonds is 1. The highest BCUT2D eigenvalue weighted by Crippen LogP contribution is 2.54. The number of aromatic nitrogens is 1. The van der Waals surface area contributed by atoms with Gasteiger partial charge in [0.2, 0.25) is 5.69 Å². The van der Waals surface area contributed by atoms with Gasteiger partial charge in [-0.1, -0.05) is 82.5 Å². The lowest BCUT2D eigenvalue weighted by atomic mass is 9.78. The fraction of sp³-hybridized carbons (Fsp3) is 0.343. The van der Waals surface area contributed by atoms with Crippen LogP contribution in [0.4, 0.5) is 0 Å². The van der Waals surface area contributed by atoms with Crippen LogP contribution in [0.1, 0.15) is 75.5 Å². The van der Waals surface area contributed by atoms with Crippen LogP contribution in [0.15, 0.2) is 60.8 Å². The van der Waals surface area contributed by atoms with E-state index in [9.17, 15) is 0 Å². The highest BCUT2D eigenvalue weighted by molar-refractivity contribution is 6.16. The van der Waals surface area contributed by atoms with E-state index in [1.807, 2.05) is 0 Å². The molecule has 1 fully saturated rings. The molecule has 2 nitrogen and oxygen atoms in total. The summed E-state index contributed by atoms with van der Waals surface area (Å²) in [7, 11) is 2.18. The van der Waals surface area contributed by atoms with Crippen molar-refractivity contribution in [2.45, 2.75) is 71.1 Å². The largest absolute Gasteiger partial charge is 0.455 e. The van der Waals surface area contributed by atoms with E-state index in [0.29, 0.717) is 5.92 Å². The van der Waals surface area contributed by atoms with Gasteiger partial charge in [0, 0.05) is 17.0 Å². The van der Waals surface area contributed by atoms with E-state index in [4.69, 9.17) is 4.74 Å². The molecule has 0 spiro atoms. The summed E-state index contributed by atoms with van der Waals surface area (Å²) in [5, 5.41) is 7.74. The molecule has 5 aromatic rings. The number of hydrogen-bond donors (Lipinski definition) is 0. The van der Waals surface area contributed by atoms with E-state index in [2.05, 4.69) is 100 Å². The van der Waals surface area contributed by atoms with Crippen molar-refractivity contribution in [2.75, 3.05) is 0 Å². The van der Waals surface area contributed by atoms with Gasteiger partial charge in [0.25, 0.3) is 0 Å². The molecule has 0 amide bonds. The van der Waals surface area contributed by atoms with Crippen LogP contribution in [-0.2, 0) is 12.5 Å².